The lowest BCUT2D eigenvalue weighted by molar-refractivity contribution is -0.136. The molecule has 0 bridgehead atoms. The standard InChI is InChI=1S/C17H19NO5/c1-11-10-23-14(8-15(19)20)16(11)17(21)18(2)9-12-6-4-5-7-13(12)22-3/h4-7,10H,8-9H2,1-3H3,(H,19,20). The molecule has 1 aromatic carbocycles. The normalized spacial score (nSPS) is 10.4. The molecular weight excluding hydrogens is 298 g/mol. The van der Waals surface area contributed by atoms with Crippen LogP contribution in [0.4, 0.5) is 0 Å². The third kappa shape index (κ3) is 3.71. The van der Waals surface area contributed by atoms with Crippen LogP contribution >= 0.6 is 0 Å². The summed E-state index contributed by atoms with van der Waals surface area (Å²) in [5.74, 6) is -0.451. The van der Waals surface area contributed by atoms with E-state index in [9.17, 15) is 9.59 Å². The number of rotatable bonds is 6. The maximum absolute atomic E-state index is 12.7. The highest BCUT2D eigenvalue weighted by atomic mass is 16.5. The Morgan fingerprint density at radius 3 is 2.65 bits per heavy atom. The first-order chi connectivity index (χ1) is 10.9. The van der Waals surface area contributed by atoms with Crippen molar-refractivity contribution in [2.45, 2.75) is 19.9 Å². The minimum atomic E-state index is -1.04. The molecule has 2 rings (SSSR count). The summed E-state index contributed by atoms with van der Waals surface area (Å²) in [4.78, 5) is 25.1. The highest BCUT2D eigenvalue weighted by Gasteiger charge is 2.23. The van der Waals surface area contributed by atoms with Gasteiger partial charge < -0.3 is 19.2 Å². The van der Waals surface area contributed by atoms with Gasteiger partial charge in [0.05, 0.1) is 18.9 Å². The van der Waals surface area contributed by atoms with Gasteiger partial charge in [0, 0.05) is 24.7 Å². The van der Waals surface area contributed by atoms with Crippen LogP contribution in [0.5, 0.6) is 5.75 Å². The highest BCUT2D eigenvalue weighted by molar-refractivity contribution is 5.97. The predicted molar refractivity (Wildman–Crippen MR) is 83.6 cm³/mol. The Bertz CT molecular complexity index is 720. The third-order valence-electron chi connectivity index (χ3n) is 3.52. The molecule has 0 saturated heterocycles. The SMILES string of the molecule is COc1ccccc1CN(C)C(=O)c1c(C)coc1CC(=O)O. The van der Waals surface area contributed by atoms with Crippen LogP contribution < -0.4 is 4.74 Å². The van der Waals surface area contributed by atoms with Crippen LogP contribution in [0, 0.1) is 6.92 Å². The van der Waals surface area contributed by atoms with E-state index in [1.165, 1.54) is 11.2 Å². The van der Waals surface area contributed by atoms with Gasteiger partial charge in [0.25, 0.3) is 5.91 Å². The third-order valence-corrected chi connectivity index (χ3v) is 3.52. The number of aliphatic carboxylic acids is 1. The van der Waals surface area contributed by atoms with Crippen molar-refractivity contribution >= 4 is 11.9 Å². The summed E-state index contributed by atoms with van der Waals surface area (Å²) >= 11 is 0. The fraction of sp³-hybridized carbons (Fsp3) is 0.294. The van der Waals surface area contributed by atoms with E-state index in [1.54, 1.807) is 21.1 Å². The fourth-order valence-corrected chi connectivity index (χ4v) is 2.40. The zero-order valence-electron chi connectivity index (χ0n) is 13.3. The second-order valence-electron chi connectivity index (χ2n) is 5.26. The number of benzene rings is 1. The Labute approximate surface area is 134 Å². The van der Waals surface area contributed by atoms with E-state index in [-0.39, 0.29) is 18.1 Å². The number of carbonyl (C=O) groups excluding carboxylic acids is 1. The van der Waals surface area contributed by atoms with Crippen LogP contribution in [0.25, 0.3) is 0 Å². The van der Waals surface area contributed by atoms with Crippen molar-refractivity contribution in [1.29, 1.82) is 0 Å². The number of carboxylic acid groups (broad SMARTS) is 1. The van der Waals surface area contributed by atoms with Crippen molar-refractivity contribution in [3.05, 3.63) is 53.0 Å². The number of ether oxygens (including phenoxy) is 1. The van der Waals surface area contributed by atoms with Crippen molar-refractivity contribution in [2.75, 3.05) is 14.2 Å². The summed E-state index contributed by atoms with van der Waals surface area (Å²) in [6.45, 7) is 2.07. The molecule has 6 heteroatoms. The number of nitrogens with zero attached hydrogens (tertiary/aromatic N) is 1. The molecule has 1 heterocycles. The molecule has 0 saturated carbocycles. The van der Waals surface area contributed by atoms with Crippen LogP contribution in [0.3, 0.4) is 0 Å². The van der Waals surface area contributed by atoms with E-state index in [0.717, 1.165) is 5.56 Å². The quantitative estimate of drug-likeness (QED) is 0.885. The average molecular weight is 317 g/mol. The van der Waals surface area contributed by atoms with Crippen LogP contribution in [0.2, 0.25) is 0 Å². The first-order valence-electron chi connectivity index (χ1n) is 7.10. The van der Waals surface area contributed by atoms with Gasteiger partial charge in [0.2, 0.25) is 0 Å². The molecule has 0 radical (unpaired) electrons. The number of para-hydroxylation sites is 1. The van der Waals surface area contributed by atoms with Gasteiger partial charge in [-0.1, -0.05) is 18.2 Å². The largest absolute Gasteiger partial charge is 0.496 e. The summed E-state index contributed by atoms with van der Waals surface area (Å²) < 4.78 is 10.5. The summed E-state index contributed by atoms with van der Waals surface area (Å²) in [7, 11) is 3.23. The van der Waals surface area contributed by atoms with Crippen LogP contribution in [-0.2, 0) is 17.8 Å². The molecule has 6 nitrogen and oxygen atoms in total. The Morgan fingerprint density at radius 2 is 2.00 bits per heavy atom. The van der Waals surface area contributed by atoms with E-state index in [1.807, 2.05) is 24.3 Å². The summed E-state index contributed by atoms with van der Waals surface area (Å²) in [5, 5.41) is 8.92. The van der Waals surface area contributed by atoms with Crippen LogP contribution in [0.15, 0.2) is 34.9 Å². The summed E-state index contributed by atoms with van der Waals surface area (Å²) in [6.07, 6.45) is 1.08. The molecule has 23 heavy (non-hydrogen) atoms. The van der Waals surface area contributed by atoms with Crippen LogP contribution in [-0.4, -0.2) is 36.0 Å². The lowest BCUT2D eigenvalue weighted by Gasteiger charge is -2.19. The van der Waals surface area contributed by atoms with E-state index in [4.69, 9.17) is 14.3 Å². The van der Waals surface area contributed by atoms with Crippen molar-refractivity contribution in [1.82, 2.24) is 4.90 Å². The minimum Gasteiger partial charge on any atom is -0.496 e. The second-order valence-corrected chi connectivity index (χ2v) is 5.26. The smallest absolute Gasteiger partial charge is 0.311 e. The maximum atomic E-state index is 12.7. The molecule has 122 valence electrons. The van der Waals surface area contributed by atoms with Gasteiger partial charge in [0.15, 0.2) is 0 Å². The van der Waals surface area contributed by atoms with Gasteiger partial charge in [-0.3, -0.25) is 9.59 Å². The molecular formula is C17H19NO5. The van der Waals surface area contributed by atoms with Gasteiger partial charge in [-0.05, 0) is 13.0 Å². The van der Waals surface area contributed by atoms with E-state index < -0.39 is 5.97 Å². The Hall–Kier alpha value is -2.76. The Morgan fingerprint density at radius 1 is 1.30 bits per heavy atom. The molecule has 1 aromatic heterocycles. The molecule has 0 aliphatic carbocycles. The van der Waals surface area contributed by atoms with Crippen molar-refractivity contribution in [2.24, 2.45) is 0 Å². The Balaban J connectivity index is 2.23. The molecule has 0 spiro atoms. The average Bonchev–Trinajstić information content (AvgIpc) is 2.86. The number of hydrogen-bond acceptors (Lipinski definition) is 4. The van der Waals surface area contributed by atoms with E-state index in [2.05, 4.69) is 0 Å². The number of carbonyl (C=O) groups is 2. The van der Waals surface area contributed by atoms with Crippen LogP contribution in [0.1, 0.15) is 27.2 Å². The second kappa shape index (κ2) is 7.00. The molecule has 0 aliphatic heterocycles. The molecule has 1 amide bonds. The predicted octanol–water partition coefficient (Wildman–Crippen LogP) is 2.50. The number of aryl methyl sites for hydroxylation is 1. The monoisotopic (exact) mass is 317 g/mol. The zero-order valence-corrected chi connectivity index (χ0v) is 13.3. The fourth-order valence-electron chi connectivity index (χ4n) is 2.40. The first kappa shape index (κ1) is 16.6. The number of hydrogen-bond donors (Lipinski definition) is 1. The van der Waals surface area contributed by atoms with Gasteiger partial charge >= 0.3 is 5.97 Å². The summed E-state index contributed by atoms with van der Waals surface area (Å²) in [5.41, 5.74) is 1.80. The summed E-state index contributed by atoms with van der Waals surface area (Å²) in [6, 6.07) is 7.43. The topological polar surface area (TPSA) is 80.0 Å². The van der Waals surface area contributed by atoms with Crippen molar-refractivity contribution in [3.8, 4) is 5.75 Å². The van der Waals surface area contributed by atoms with Crippen molar-refractivity contribution < 1.29 is 23.8 Å². The Kier molecular flexibility index (Phi) is 5.05. The van der Waals surface area contributed by atoms with Crippen molar-refractivity contribution in [3.63, 3.8) is 0 Å². The highest BCUT2D eigenvalue weighted by Crippen LogP contribution is 2.23. The molecule has 1 N–H and O–H groups in total. The van der Waals surface area contributed by atoms with E-state index in [0.29, 0.717) is 23.4 Å². The molecule has 2 aromatic rings. The number of amides is 1. The first-order valence-corrected chi connectivity index (χ1v) is 7.10. The molecule has 0 unspecified atom stereocenters. The van der Waals surface area contributed by atoms with E-state index >= 15 is 0 Å². The van der Waals surface area contributed by atoms with Gasteiger partial charge in [0.1, 0.15) is 17.9 Å². The maximum Gasteiger partial charge on any atom is 0.311 e. The molecule has 0 atom stereocenters. The minimum absolute atomic E-state index is 0.173. The lowest BCUT2D eigenvalue weighted by Crippen LogP contribution is -2.27. The number of carboxylic acids is 1. The number of methoxy groups -OCH3 is 1. The van der Waals surface area contributed by atoms with Gasteiger partial charge in [-0.25, -0.2) is 0 Å². The lowest BCUT2D eigenvalue weighted by atomic mass is 10.1. The number of furan rings is 1. The zero-order chi connectivity index (χ0) is 17.0. The molecule has 0 fully saturated rings. The van der Waals surface area contributed by atoms with Gasteiger partial charge in [-0.15, -0.1) is 0 Å². The van der Waals surface area contributed by atoms with Gasteiger partial charge in [-0.2, -0.15) is 0 Å². The molecule has 0 aliphatic rings.